The smallest absolute Gasteiger partial charge is 0.295 e. The number of Topliss-reactive ketones (excluding diaryl/α,β-unsaturated/α-hetero) is 1. The number of amides is 1. The first kappa shape index (κ1) is 21.8. The number of halogens is 1. The topological polar surface area (TPSA) is 84.7 Å². The highest BCUT2D eigenvalue weighted by molar-refractivity contribution is 9.10. The maximum atomic E-state index is 13.1. The molecule has 3 aromatic rings. The van der Waals surface area contributed by atoms with Crippen LogP contribution in [0.2, 0.25) is 0 Å². The molecule has 0 spiro atoms. The molecule has 0 saturated carbocycles. The lowest BCUT2D eigenvalue weighted by Crippen LogP contribution is -2.31. The van der Waals surface area contributed by atoms with Crippen molar-refractivity contribution >= 4 is 33.4 Å². The van der Waals surface area contributed by atoms with Gasteiger partial charge in [0.1, 0.15) is 5.75 Å². The molecule has 2 aromatic carbocycles. The maximum Gasteiger partial charge on any atom is 0.295 e. The van der Waals surface area contributed by atoms with Gasteiger partial charge in [0, 0.05) is 6.20 Å². The second kappa shape index (κ2) is 8.63. The van der Waals surface area contributed by atoms with Crippen LogP contribution in [-0.2, 0) is 16.1 Å². The van der Waals surface area contributed by atoms with Gasteiger partial charge in [-0.15, -0.1) is 0 Å². The van der Waals surface area contributed by atoms with Gasteiger partial charge in [0.25, 0.3) is 5.91 Å². The summed E-state index contributed by atoms with van der Waals surface area (Å²) in [5.41, 5.74) is 2.91. The van der Waals surface area contributed by atoms with E-state index in [9.17, 15) is 14.7 Å². The summed E-state index contributed by atoms with van der Waals surface area (Å²) >= 11 is 3.50. The van der Waals surface area contributed by atoms with Crippen LogP contribution in [0.3, 0.4) is 0 Å². The molecule has 1 amide bonds. The van der Waals surface area contributed by atoms with E-state index in [0.717, 1.165) is 11.1 Å². The molecule has 8 heteroatoms. The lowest BCUT2D eigenvalue weighted by atomic mass is 9.96. The van der Waals surface area contributed by atoms with Crippen LogP contribution < -0.4 is 9.64 Å². The van der Waals surface area contributed by atoms with Gasteiger partial charge >= 0.3 is 0 Å². The van der Waals surface area contributed by atoms with Crippen LogP contribution in [-0.4, -0.2) is 33.7 Å². The number of aryl methyl sites for hydroxylation is 1. The Morgan fingerprint density at radius 1 is 1.22 bits per heavy atom. The van der Waals surface area contributed by atoms with E-state index in [-0.39, 0.29) is 11.4 Å². The minimum absolute atomic E-state index is 0.0419. The van der Waals surface area contributed by atoms with Gasteiger partial charge in [0.15, 0.2) is 17.4 Å². The Kier molecular flexibility index (Phi) is 5.88. The molecule has 0 fully saturated rings. The first-order valence-corrected chi connectivity index (χ1v) is 10.8. The fourth-order valence-corrected chi connectivity index (χ4v) is 4.42. The van der Waals surface area contributed by atoms with Crippen LogP contribution in [0.5, 0.6) is 5.75 Å². The van der Waals surface area contributed by atoms with E-state index in [4.69, 9.17) is 4.74 Å². The number of anilines is 1. The van der Waals surface area contributed by atoms with Crippen molar-refractivity contribution in [2.24, 2.45) is 0 Å². The Bertz CT molecular complexity index is 1230. The highest BCUT2D eigenvalue weighted by atomic mass is 79.9. The minimum atomic E-state index is -0.801. The lowest BCUT2D eigenvalue weighted by Gasteiger charge is -2.25. The summed E-state index contributed by atoms with van der Waals surface area (Å²) in [6.07, 6.45) is 1.78. The molecule has 0 radical (unpaired) electrons. The summed E-state index contributed by atoms with van der Waals surface area (Å²) in [6.45, 7) is 3.87. The summed E-state index contributed by atoms with van der Waals surface area (Å²) in [5.74, 6) is -0.637. The molecule has 1 unspecified atom stereocenters. The van der Waals surface area contributed by atoms with Gasteiger partial charge in [-0.25, -0.2) is 0 Å². The highest BCUT2D eigenvalue weighted by Crippen LogP contribution is 2.42. The van der Waals surface area contributed by atoms with Gasteiger partial charge < -0.3 is 9.84 Å². The number of aliphatic hydroxyl groups is 1. The van der Waals surface area contributed by atoms with E-state index >= 15 is 0 Å². The molecule has 0 saturated heterocycles. The zero-order chi connectivity index (χ0) is 23.0. The number of aliphatic hydroxyl groups excluding tert-OH is 1. The van der Waals surface area contributed by atoms with E-state index in [2.05, 4.69) is 27.1 Å². The number of carbonyl (C=O) groups excluding carboxylic acids is 2. The molecule has 1 atom stereocenters. The molecule has 0 aliphatic carbocycles. The summed E-state index contributed by atoms with van der Waals surface area (Å²) in [7, 11) is 1.56. The van der Waals surface area contributed by atoms with E-state index < -0.39 is 17.7 Å². The number of benzene rings is 2. The number of ketones is 1. The zero-order valence-electron chi connectivity index (χ0n) is 17.9. The fourth-order valence-electron chi connectivity index (χ4n) is 3.91. The Hall–Kier alpha value is -3.39. The standard InChI is InChI=1S/C24H22BrN3O4/c1-14-5-4-6-16(11-14)12-27-13-19(25)23(26-27)28-21(17-7-9-18(32-3)10-8-17)20(15(2)29)22(30)24(28)31/h4-11,13,21,30H,12H2,1-3H3. The Morgan fingerprint density at radius 2 is 1.94 bits per heavy atom. The number of nitrogens with zero attached hydrogens (tertiary/aromatic N) is 3. The molecule has 1 aromatic heterocycles. The van der Waals surface area contributed by atoms with Crippen LogP contribution in [0, 0.1) is 6.92 Å². The van der Waals surface area contributed by atoms with E-state index in [1.165, 1.54) is 11.8 Å². The van der Waals surface area contributed by atoms with Crippen molar-refractivity contribution in [3.8, 4) is 5.75 Å². The summed E-state index contributed by atoms with van der Waals surface area (Å²) in [5, 5.41) is 15.2. The van der Waals surface area contributed by atoms with Gasteiger partial charge in [-0.2, -0.15) is 5.10 Å². The van der Waals surface area contributed by atoms with Gasteiger partial charge in [-0.3, -0.25) is 19.2 Å². The molecule has 1 N–H and O–H groups in total. The number of ether oxygens (including phenoxy) is 1. The molecule has 4 rings (SSSR count). The quantitative estimate of drug-likeness (QED) is 0.544. The van der Waals surface area contributed by atoms with E-state index in [1.54, 1.807) is 42.3 Å². The summed E-state index contributed by atoms with van der Waals surface area (Å²) in [6, 6.07) is 14.3. The van der Waals surface area contributed by atoms with Crippen molar-refractivity contribution < 1.29 is 19.4 Å². The number of hydrogen-bond acceptors (Lipinski definition) is 5. The number of rotatable bonds is 6. The van der Waals surface area contributed by atoms with Crippen molar-refractivity contribution in [3.63, 3.8) is 0 Å². The van der Waals surface area contributed by atoms with Crippen LogP contribution in [0.25, 0.3) is 0 Å². The average molecular weight is 496 g/mol. The average Bonchev–Trinajstić information content (AvgIpc) is 3.24. The maximum absolute atomic E-state index is 13.1. The lowest BCUT2D eigenvalue weighted by molar-refractivity contribution is -0.117. The second-order valence-electron chi connectivity index (χ2n) is 7.66. The molecule has 0 bridgehead atoms. The number of aromatic nitrogens is 2. The monoisotopic (exact) mass is 495 g/mol. The van der Waals surface area contributed by atoms with Crippen molar-refractivity contribution in [2.45, 2.75) is 26.4 Å². The van der Waals surface area contributed by atoms with Gasteiger partial charge in [0.2, 0.25) is 0 Å². The molecular weight excluding hydrogens is 474 g/mol. The third kappa shape index (κ3) is 3.93. The zero-order valence-corrected chi connectivity index (χ0v) is 19.5. The van der Waals surface area contributed by atoms with E-state index in [0.29, 0.717) is 28.1 Å². The van der Waals surface area contributed by atoms with Gasteiger partial charge in [0.05, 0.1) is 29.7 Å². The molecule has 1 aliphatic heterocycles. The van der Waals surface area contributed by atoms with Crippen molar-refractivity contribution in [2.75, 3.05) is 12.0 Å². The molecule has 164 valence electrons. The Labute approximate surface area is 194 Å². The van der Waals surface area contributed by atoms with Crippen LogP contribution in [0.4, 0.5) is 5.82 Å². The van der Waals surface area contributed by atoms with E-state index in [1.807, 2.05) is 25.1 Å². The number of methoxy groups -OCH3 is 1. The van der Waals surface area contributed by atoms with Crippen LogP contribution >= 0.6 is 15.9 Å². The molecule has 1 aliphatic rings. The summed E-state index contributed by atoms with van der Waals surface area (Å²) < 4.78 is 7.51. The minimum Gasteiger partial charge on any atom is -0.503 e. The molecule has 2 heterocycles. The number of carbonyl (C=O) groups is 2. The third-order valence-corrected chi connectivity index (χ3v) is 5.93. The Balaban J connectivity index is 1.76. The first-order chi connectivity index (χ1) is 15.3. The fraction of sp³-hybridized carbons (Fsp3) is 0.208. The van der Waals surface area contributed by atoms with Crippen LogP contribution in [0.1, 0.15) is 29.7 Å². The third-order valence-electron chi connectivity index (χ3n) is 5.37. The van der Waals surface area contributed by atoms with Crippen molar-refractivity contribution in [3.05, 3.63) is 87.2 Å². The van der Waals surface area contributed by atoms with Gasteiger partial charge in [-0.1, -0.05) is 42.0 Å². The highest BCUT2D eigenvalue weighted by Gasteiger charge is 2.45. The largest absolute Gasteiger partial charge is 0.503 e. The Morgan fingerprint density at radius 3 is 2.56 bits per heavy atom. The number of hydrogen-bond donors (Lipinski definition) is 1. The first-order valence-electron chi connectivity index (χ1n) is 10.00. The predicted octanol–water partition coefficient (Wildman–Crippen LogP) is 4.50. The normalized spacial score (nSPS) is 16.1. The molecule has 32 heavy (non-hydrogen) atoms. The van der Waals surface area contributed by atoms with Crippen molar-refractivity contribution in [1.29, 1.82) is 0 Å². The summed E-state index contributed by atoms with van der Waals surface area (Å²) in [4.78, 5) is 26.8. The molecule has 7 nitrogen and oxygen atoms in total. The molecular formula is C24H22BrN3O4. The van der Waals surface area contributed by atoms with Crippen LogP contribution in [0.15, 0.2) is 70.5 Å². The second-order valence-corrected chi connectivity index (χ2v) is 8.51. The predicted molar refractivity (Wildman–Crippen MR) is 124 cm³/mol. The van der Waals surface area contributed by atoms with Crippen molar-refractivity contribution in [1.82, 2.24) is 9.78 Å². The SMILES string of the molecule is COc1ccc(C2C(C(C)=O)=C(O)C(=O)N2c2nn(Cc3cccc(C)c3)cc2Br)cc1. The van der Waals surface area contributed by atoms with Gasteiger partial charge in [-0.05, 0) is 53.0 Å².